The number of nitrogens with zero attached hydrogens (tertiary/aromatic N) is 4. The first kappa shape index (κ1) is 15.1. The van der Waals surface area contributed by atoms with Gasteiger partial charge in [-0.05, 0) is 6.07 Å². The Morgan fingerprint density at radius 2 is 2.27 bits per heavy atom. The Morgan fingerprint density at radius 1 is 1.45 bits per heavy atom. The van der Waals surface area contributed by atoms with Gasteiger partial charge in [0.25, 0.3) is 0 Å². The number of halogens is 2. The number of anilines is 1. The number of pyridine rings is 1. The molecule has 0 spiro atoms. The van der Waals surface area contributed by atoms with Crippen molar-refractivity contribution in [1.29, 1.82) is 0 Å². The van der Waals surface area contributed by atoms with Gasteiger partial charge in [0.1, 0.15) is 11.6 Å². The lowest BCUT2D eigenvalue weighted by atomic mass is 10.3. The molecule has 2 aromatic heterocycles. The zero-order valence-electron chi connectivity index (χ0n) is 11.7. The molecule has 0 saturated carbocycles. The second kappa shape index (κ2) is 6.10. The fourth-order valence-electron chi connectivity index (χ4n) is 2.32. The van der Waals surface area contributed by atoms with E-state index in [-0.39, 0.29) is 11.3 Å². The Bertz CT molecular complexity index is 727. The van der Waals surface area contributed by atoms with Gasteiger partial charge in [-0.25, -0.2) is 19.7 Å². The molecule has 0 radical (unpaired) electrons. The largest absolute Gasteiger partial charge is 0.444 e. The Balaban J connectivity index is 1.83. The third-order valence-corrected chi connectivity index (χ3v) is 3.81. The summed E-state index contributed by atoms with van der Waals surface area (Å²) in [5, 5.41) is 3.18. The van der Waals surface area contributed by atoms with Gasteiger partial charge in [-0.3, -0.25) is 0 Å². The Kier molecular flexibility index (Phi) is 4.17. The monoisotopic (exact) mass is 341 g/mol. The number of nitrogens with one attached hydrogen (secondary N) is 1. The zero-order valence-corrected chi connectivity index (χ0v) is 13.2. The molecule has 9 heteroatoms. The summed E-state index contributed by atoms with van der Waals surface area (Å²) in [5.41, 5.74) is 1.01. The number of carbonyl (C=O) groups excluding carboxylic acids is 1. The van der Waals surface area contributed by atoms with Crippen LogP contribution in [0.4, 0.5) is 10.6 Å². The van der Waals surface area contributed by atoms with Gasteiger partial charge in [0.15, 0.2) is 16.6 Å². The first-order valence-corrected chi connectivity index (χ1v) is 7.44. The van der Waals surface area contributed by atoms with Crippen LogP contribution >= 0.6 is 23.2 Å². The van der Waals surface area contributed by atoms with Crippen molar-refractivity contribution in [2.45, 2.75) is 12.5 Å². The third kappa shape index (κ3) is 3.00. The number of hydrogen-bond donors (Lipinski definition) is 1. The van der Waals surface area contributed by atoms with Gasteiger partial charge in [0.05, 0.1) is 11.6 Å². The van der Waals surface area contributed by atoms with Crippen LogP contribution in [-0.4, -0.2) is 47.3 Å². The predicted octanol–water partition coefficient (Wildman–Crippen LogP) is 2.27. The highest BCUT2D eigenvalue weighted by Gasteiger charge is 2.28. The summed E-state index contributed by atoms with van der Waals surface area (Å²) in [7, 11) is 1.53. The molecule has 0 bridgehead atoms. The number of amides is 1. The van der Waals surface area contributed by atoms with Crippen LogP contribution in [0.5, 0.6) is 0 Å². The number of carbonyl (C=O) groups is 1. The second-order valence-corrected chi connectivity index (χ2v) is 5.64. The minimum atomic E-state index is -0.446. The highest BCUT2D eigenvalue weighted by molar-refractivity contribution is 6.32. The lowest BCUT2D eigenvalue weighted by Crippen LogP contribution is -2.29. The number of fused-ring (bicyclic) bond motifs is 1. The molecule has 1 amide bonds. The maximum Gasteiger partial charge on any atom is 0.407 e. The molecule has 1 fully saturated rings. The fraction of sp³-hybridized carbons (Fsp3) is 0.385. The first-order valence-electron chi connectivity index (χ1n) is 6.69. The van der Waals surface area contributed by atoms with Gasteiger partial charge in [-0.1, -0.05) is 23.2 Å². The van der Waals surface area contributed by atoms with E-state index in [9.17, 15) is 4.79 Å². The maximum absolute atomic E-state index is 11.3. The summed E-state index contributed by atoms with van der Waals surface area (Å²) in [6.45, 7) is 1.19. The quantitative estimate of drug-likeness (QED) is 0.902. The maximum atomic E-state index is 11.3. The second-order valence-electron chi connectivity index (χ2n) is 4.85. The van der Waals surface area contributed by atoms with Crippen molar-refractivity contribution in [1.82, 2.24) is 20.3 Å². The van der Waals surface area contributed by atoms with E-state index in [0.29, 0.717) is 41.5 Å². The van der Waals surface area contributed by atoms with Crippen LogP contribution in [0.3, 0.4) is 0 Å². The fourth-order valence-corrected chi connectivity index (χ4v) is 2.73. The predicted molar refractivity (Wildman–Crippen MR) is 83.5 cm³/mol. The van der Waals surface area contributed by atoms with Gasteiger partial charge in [-0.15, -0.1) is 0 Å². The van der Waals surface area contributed by atoms with Crippen LogP contribution < -0.4 is 10.2 Å². The smallest absolute Gasteiger partial charge is 0.407 e. The number of hydrogen-bond acceptors (Lipinski definition) is 6. The van der Waals surface area contributed by atoms with Gasteiger partial charge < -0.3 is 15.0 Å². The van der Waals surface area contributed by atoms with E-state index in [1.54, 1.807) is 6.07 Å². The highest BCUT2D eigenvalue weighted by Crippen LogP contribution is 2.28. The van der Waals surface area contributed by atoms with Gasteiger partial charge in [0.2, 0.25) is 0 Å². The van der Waals surface area contributed by atoms with E-state index < -0.39 is 6.09 Å². The Hall–Kier alpha value is -1.86. The van der Waals surface area contributed by atoms with Crippen LogP contribution in [0, 0.1) is 0 Å². The molecular formula is C13H13Cl2N5O2. The Morgan fingerprint density at radius 3 is 3.05 bits per heavy atom. The van der Waals surface area contributed by atoms with E-state index in [1.807, 2.05) is 4.90 Å². The normalized spacial score (nSPS) is 17.8. The molecule has 3 heterocycles. The number of rotatable bonds is 2. The van der Waals surface area contributed by atoms with Crippen molar-refractivity contribution >= 4 is 46.3 Å². The van der Waals surface area contributed by atoms with E-state index in [4.69, 9.17) is 27.9 Å². The van der Waals surface area contributed by atoms with Crippen LogP contribution in [0.25, 0.3) is 11.2 Å². The Labute approximate surface area is 136 Å². The molecule has 1 aliphatic rings. The average molecular weight is 342 g/mol. The zero-order chi connectivity index (χ0) is 15.7. The molecule has 1 saturated heterocycles. The van der Waals surface area contributed by atoms with Crippen molar-refractivity contribution in [3.8, 4) is 0 Å². The van der Waals surface area contributed by atoms with E-state index in [1.165, 1.54) is 13.2 Å². The minimum Gasteiger partial charge on any atom is -0.444 e. The van der Waals surface area contributed by atoms with Gasteiger partial charge in [0, 0.05) is 26.2 Å². The van der Waals surface area contributed by atoms with Gasteiger partial charge >= 0.3 is 6.09 Å². The van der Waals surface area contributed by atoms with Crippen molar-refractivity contribution < 1.29 is 9.53 Å². The van der Waals surface area contributed by atoms with Gasteiger partial charge in [-0.2, -0.15) is 0 Å². The SMILES string of the molecule is CNC(=O)OC1CCN(c2nc3ncc(Cl)cc3nc2Cl)C1. The summed E-state index contributed by atoms with van der Waals surface area (Å²) in [6.07, 6.45) is 1.57. The number of alkyl carbamates (subject to hydrolysis) is 1. The molecule has 3 rings (SSSR count). The molecular weight excluding hydrogens is 329 g/mol. The molecule has 116 valence electrons. The molecule has 1 atom stereocenters. The molecule has 2 aromatic rings. The van der Waals surface area contributed by atoms with Crippen molar-refractivity contribution in [3.05, 3.63) is 22.4 Å². The molecule has 0 aromatic carbocycles. The standard InChI is InChI=1S/C13H13Cl2N5O2/c1-16-13(21)22-8-2-3-20(6-8)12-10(15)18-9-4-7(14)5-17-11(9)19-12/h4-5,8H,2-3,6H2,1H3,(H,16,21). The summed E-state index contributed by atoms with van der Waals surface area (Å²) in [6, 6.07) is 1.66. The van der Waals surface area contributed by atoms with Crippen LogP contribution in [0.15, 0.2) is 12.3 Å². The van der Waals surface area contributed by atoms with Crippen LogP contribution in [-0.2, 0) is 4.74 Å². The molecule has 7 nitrogen and oxygen atoms in total. The summed E-state index contributed by atoms with van der Waals surface area (Å²) in [5.74, 6) is 0.534. The topological polar surface area (TPSA) is 80.2 Å². The van der Waals surface area contributed by atoms with Crippen molar-refractivity contribution in [3.63, 3.8) is 0 Å². The number of ether oxygens (including phenoxy) is 1. The van der Waals surface area contributed by atoms with E-state index >= 15 is 0 Å². The number of aromatic nitrogens is 3. The highest BCUT2D eigenvalue weighted by atomic mass is 35.5. The summed E-state index contributed by atoms with van der Waals surface area (Å²) >= 11 is 12.1. The lowest BCUT2D eigenvalue weighted by Gasteiger charge is -2.18. The molecule has 1 unspecified atom stereocenters. The molecule has 1 aliphatic heterocycles. The van der Waals surface area contributed by atoms with Crippen molar-refractivity contribution in [2.75, 3.05) is 25.0 Å². The average Bonchev–Trinajstić information content (AvgIpc) is 2.94. The summed E-state index contributed by atoms with van der Waals surface area (Å²) in [4.78, 5) is 26.0. The lowest BCUT2D eigenvalue weighted by molar-refractivity contribution is 0.110. The summed E-state index contributed by atoms with van der Waals surface area (Å²) < 4.78 is 5.24. The van der Waals surface area contributed by atoms with Crippen LogP contribution in [0.1, 0.15) is 6.42 Å². The minimum absolute atomic E-state index is 0.202. The van der Waals surface area contributed by atoms with E-state index in [0.717, 1.165) is 0 Å². The van der Waals surface area contributed by atoms with E-state index in [2.05, 4.69) is 20.3 Å². The molecule has 1 N–H and O–H groups in total. The third-order valence-electron chi connectivity index (χ3n) is 3.35. The van der Waals surface area contributed by atoms with Crippen LogP contribution in [0.2, 0.25) is 10.2 Å². The molecule has 0 aliphatic carbocycles. The molecule has 22 heavy (non-hydrogen) atoms. The van der Waals surface area contributed by atoms with Crippen molar-refractivity contribution in [2.24, 2.45) is 0 Å². The first-order chi connectivity index (χ1) is 10.6.